The van der Waals surface area contributed by atoms with Gasteiger partial charge in [0, 0.05) is 26.2 Å². The van der Waals surface area contributed by atoms with E-state index in [9.17, 15) is 4.79 Å². The molecule has 0 fully saturated rings. The van der Waals surface area contributed by atoms with Gasteiger partial charge in [0.05, 0.1) is 12.5 Å². The molecule has 0 unspecified atom stereocenters. The van der Waals surface area contributed by atoms with E-state index in [1.165, 1.54) is 11.1 Å². The minimum Gasteiger partial charge on any atom is -0.466 e. The number of hydrogen-bond donors (Lipinski definition) is 2. The van der Waals surface area contributed by atoms with Gasteiger partial charge in [-0.3, -0.25) is 4.79 Å². The second kappa shape index (κ2) is 10.6. The summed E-state index contributed by atoms with van der Waals surface area (Å²) >= 11 is 0. The van der Waals surface area contributed by atoms with Crippen LogP contribution in [0, 0.1) is 5.92 Å². The van der Waals surface area contributed by atoms with Gasteiger partial charge in [0.15, 0.2) is 0 Å². The van der Waals surface area contributed by atoms with Gasteiger partial charge in [-0.25, -0.2) is 0 Å². The van der Waals surface area contributed by atoms with Crippen LogP contribution in [0.5, 0.6) is 0 Å². The molecule has 2 aromatic carbocycles. The van der Waals surface area contributed by atoms with Gasteiger partial charge in [-0.2, -0.15) is 0 Å². The third kappa shape index (κ3) is 6.52. The summed E-state index contributed by atoms with van der Waals surface area (Å²) in [4.78, 5) is 12.1. The van der Waals surface area contributed by atoms with Gasteiger partial charge in [-0.15, -0.1) is 0 Å². The van der Waals surface area contributed by atoms with Crippen molar-refractivity contribution in [1.82, 2.24) is 10.6 Å². The van der Waals surface area contributed by atoms with Crippen molar-refractivity contribution in [3.63, 3.8) is 0 Å². The van der Waals surface area contributed by atoms with Crippen molar-refractivity contribution < 1.29 is 9.53 Å². The van der Waals surface area contributed by atoms with Gasteiger partial charge in [-0.05, 0) is 18.1 Å². The molecule has 0 aliphatic rings. The lowest BCUT2D eigenvalue weighted by Gasteiger charge is -2.17. The van der Waals surface area contributed by atoms with E-state index in [2.05, 4.69) is 34.9 Å². The van der Waals surface area contributed by atoms with Crippen LogP contribution in [-0.4, -0.2) is 25.7 Å². The predicted molar refractivity (Wildman–Crippen MR) is 96.4 cm³/mol. The first-order valence-electron chi connectivity index (χ1n) is 8.45. The van der Waals surface area contributed by atoms with E-state index in [1.807, 2.05) is 43.3 Å². The fraction of sp³-hybridized carbons (Fsp3) is 0.350. The van der Waals surface area contributed by atoms with Crippen molar-refractivity contribution in [3.8, 4) is 0 Å². The minimum atomic E-state index is -0.197. The number of hydrogen-bond acceptors (Lipinski definition) is 4. The quantitative estimate of drug-likeness (QED) is 0.659. The second-order valence-corrected chi connectivity index (χ2v) is 5.68. The molecule has 0 spiro atoms. The highest BCUT2D eigenvalue weighted by atomic mass is 16.5. The number of esters is 1. The largest absolute Gasteiger partial charge is 0.466 e. The van der Waals surface area contributed by atoms with Gasteiger partial charge >= 0.3 is 5.97 Å². The monoisotopic (exact) mass is 326 g/mol. The Labute approximate surface area is 144 Å². The Morgan fingerprint density at radius 1 is 0.875 bits per heavy atom. The Morgan fingerprint density at radius 3 is 1.75 bits per heavy atom. The zero-order valence-corrected chi connectivity index (χ0v) is 14.2. The molecule has 2 rings (SSSR count). The summed E-state index contributed by atoms with van der Waals surface area (Å²) in [7, 11) is 0. The third-order valence-corrected chi connectivity index (χ3v) is 3.75. The lowest BCUT2D eigenvalue weighted by Crippen LogP contribution is -2.37. The van der Waals surface area contributed by atoms with E-state index in [0.717, 1.165) is 13.1 Å². The molecule has 0 amide bonds. The standard InChI is InChI=1S/C20H26N2O2/c1-2-24-20(23)19(15-21-13-17-9-5-3-6-10-17)16-22-14-18-11-7-4-8-12-18/h3-12,19,21-22H,2,13-16H2,1H3. The Bertz CT molecular complexity index is 542. The van der Waals surface area contributed by atoms with Gasteiger partial charge in [-0.1, -0.05) is 60.7 Å². The summed E-state index contributed by atoms with van der Waals surface area (Å²) < 4.78 is 5.19. The molecule has 0 aromatic heterocycles. The number of benzene rings is 2. The molecule has 128 valence electrons. The van der Waals surface area contributed by atoms with E-state index >= 15 is 0 Å². The molecular weight excluding hydrogens is 300 g/mol. The van der Waals surface area contributed by atoms with Gasteiger partial charge in [0.1, 0.15) is 0 Å². The molecule has 4 nitrogen and oxygen atoms in total. The Balaban J connectivity index is 1.79. The van der Waals surface area contributed by atoms with Crippen LogP contribution in [0.1, 0.15) is 18.1 Å². The highest BCUT2D eigenvalue weighted by Crippen LogP contribution is 2.03. The van der Waals surface area contributed by atoms with E-state index < -0.39 is 0 Å². The van der Waals surface area contributed by atoms with Crippen molar-refractivity contribution in [1.29, 1.82) is 0 Å². The van der Waals surface area contributed by atoms with Crippen LogP contribution in [-0.2, 0) is 22.6 Å². The van der Waals surface area contributed by atoms with E-state index in [1.54, 1.807) is 0 Å². The maximum Gasteiger partial charge on any atom is 0.311 e. The number of rotatable bonds is 10. The van der Waals surface area contributed by atoms with Crippen molar-refractivity contribution in [2.45, 2.75) is 20.0 Å². The molecule has 0 radical (unpaired) electrons. The van der Waals surface area contributed by atoms with Crippen LogP contribution >= 0.6 is 0 Å². The smallest absolute Gasteiger partial charge is 0.311 e. The summed E-state index contributed by atoms with van der Waals surface area (Å²) in [5.41, 5.74) is 2.41. The molecule has 2 N–H and O–H groups in total. The van der Waals surface area contributed by atoms with Crippen LogP contribution in [0.2, 0.25) is 0 Å². The van der Waals surface area contributed by atoms with Gasteiger partial charge in [0.25, 0.3) is 0 Å². The molecule has 4 heteroatoms. The minimum absolute atomic E-state index is 0.154. The van der Waals surface area contributed by atoms with Crippen LogP contribution in [0.15, 0.2) is 60.7 Å². The number of ether oxygens (including phenoxy) is 1. The summed E-state index contributed by atoms with van der Waals surface area (Å²) in [5, 5.41) is 6.70. The maximum atomic E-state index is 12.1. The first-order valence-corrected chi connectivity index (χ1v) is 8.45. The summed E-state index contributed by atoms with van der Waals surface area (Å²) in [5.74, 6) is -0.351. The zero-order valence-electron chi connectivity index (χ0n) is 14.2. The Kier molecular flexibility index (Phi) is 8.01. The molecule has 0 atom stereocenters. The summed E-state index contributed by atoms with van der Waals surface area (Å²) in [6, 6.07) is 20.3. The number of carbonyl (C=O) groups excluding carboxylic acids is 1. The van der Waals surface area contributed by atoms with Crippen LogP contribution < -0.4 is 10.6 Å². The fourth-order valence-corrected chi connectivity index (χ4v) is 2.47. The molecule has 0 bridgehead atoms. The maximum absolute atomic E-state index is 12.1. The molecule has 0 saturated carbocycles. The van der Waals surface area contributed by atoms with Crippen LogP contribution in [0.25, 0.3) is 0 Å². The van der Waals surface area contributed by atoms with Gasteiger partial charge < -0.3 is 15.4 Å². The van der Waals surface area contributed by atoms with E-state index in [-0.39, 0.29) is 11.9 Å². The normalized spacial score (nSPS) is 10.8. The van der Waals surface area contributed by atoms with Crippen LogP contribution in [0.3, 0.4) is 0 Å². The first kappa shape index (κ1) is 18.2. The SMILES string of the molecule is CCOC(=O)C(CNCc1ccccc1)CNCc1ccccc1. The van der Waals surface area contributed by atoms with Crippen molar-refractivity contribution in [2.75, 3.05) is 19.7 Å². The van der Waals surface area contributed by atoms with Gasteiger partial charge in [0.2, 0.25) is 0 Å². The van der Waals surface area contributed by atoms with Crippen molar-refractivity contribution in [2.24, 2.45) is 5.92 Å². The summed E-state index contributed by atoms with van der Waals surface area (Å²) in [6.07, 6.45) is 0. The molecule has 0 saturated heterocycles. The van der Waals surface area contributed by atoms with Crippen molar-refractivity contribution >= 4 is 5.97 Å². The number of nitrogens with one attached hydrogen (secondary N) is 2. The predicted octanol–water partition coefficient (Wildman–Crippen LogP) is 2.75. The highest BCUT2D eigenvalue weighted by Gasteiger charge is 2.19. The fourth-order valence-electron chi connectivity index (χ4n) is 2.47. The topological polar surface area (TPSA) is 50.4 Å². The Hall–Kier alpha value is -2.17. The van der Waals surface area contributed by atoms with Crippen molar-refractivity contribution in [3.05, 3.63) is 71.8 Å². The summed E-state index contributed by atoms with van der Waals surface area (Å²) in [6.45, 7) is 4.92. The molecule has 0 heterocycles. The highest BCUT2D eigenvalue weighted by molar-refractivity contribution is 5.73. The lowest BCUT2D eigenvalue weighted by atomic mass is 10.1. The lowest BCUT2D eigenvalue weighted by molar-refractivity contribution is -0.147. The molecule has 0 aliphatic carbocycles. The molecular formula is C20H26N2O2. The molecule has 2 aromatic rings. The molecule has 0 aliphatic heterocycles. The zero-order chi connectivity index (χ0) is 17.0. The van der Waals surface area contributed by atoms with Crippen LogP contribution in [0.4, 0.5) is 0 Å². The molecule has 24 heavy (non-hydrogen) atoms. The number of carbonyl (C=O) groups is 1. The second-order valence-electron chi connectivity index (χ2n) is 5.68. The Morgan fingerprint density at radius 2 is 1.33 bits per heavy atom. The van der Waals surface area contributed by atoms with E-state index in [4.69, 9.17) is 4.74 Å². The van der Waals surface area contributed by atoms with E-state index in [0.29, 0.717) is 19.7 Å². The first-order chi connectivity index (χ1) is 11.8. The average Bonchev–Trinajstić information content (AvgIpc) is 2.62. The third-order valence-electron chi connectivity index (χ3n) is 3.75. The average molecular weight is 326 g/mol.